The molecule has 2 unspecified atom stereocenters. The van der Waals surface area contributed by atoms with Gasteiger partial charge in [0, 0.05) is 12.1 Å². The summed E-state index contributed by atoms with van der Waals surface area (Å²) in [5, 5.41) is 3.04. The molecule has 2 atom stereocenters. The molecule has 0 saturated heterocycles. The summed E-state index contributed by atoms with van der Waals surface area (Å²) < 4.78 is 26.0. The van der Waals surface area contributed by atoms with E-state index in [1.54, 1.807) is 0 Å². The maximum atomic E-state index is 13.3. The van der Waals surface area contributed by atoms with E-state index in [0.717, 1.165) is 6.07 Å². The molecular formula is C11H15F2N. The standard InChI is InChI=1S/C11H15F2N/c1-7(8(2)14-3)10-5-4-9(12)6-11(10)13/h4-8,14H,1-3H3. The number of halogens is 2. The molecule has 78 valence electrons. The monoisotopic (exact) mass is 199 g/mol. The summed E-state index contributed by atoms with van der Waals surface area (Å²) >= 11 is 0. The first kappa shape index (κ1) is 11.1. The third-order valence-electron chi connectivity index (χ3n) is 2.66. The van der Waals surface area contributed by atoms with Crippen LogP contribution in [-0.4, -0.2) is 13.1 Å². The van der Waals surface area contributed by atoms with Gasteiger partial charge in [0.25, 0.3) is 0 Å². The average molecular weight is 199 g/mol. The number of benzene rings is 1. The van der Waals surface area contributed by atoms with E-state index in [-0.39, 0.29) is 12.0 Å². The zero-order valence-corrected chi connectivity index (χ0v) is 8.64. The Kier molecular flexibility index (Phi) is 3.58. The summed E-state index contributed by atoms with van der Waals surface area (Å²) in [6.45, 7) is 3.88. The predicted molar refractivity (Wildman–Crippen MR) is 53.3 cm³/mol. The molecule has 0 radical (unpaired) electrons. The largest absolute Gasteiger partial charge is 0.317 e. The van der Waals surface area contributed by atoms with Crippen molar-refractivity contribution in [1.29, 1.82) is 0 Å². The predicted octanol–water partition coefficient (Wildman–Crippen LogP) is 2.68. The topological polar surface area (TPSA) is 12.0 Å². The highest BCUT2D eigenvalue weighted by Gasteiger charge is 2.16. The van der Waals surface area contributed by atoms with Crippen LogP contribution in [0.3, 0.4) is 0 Å². The Morgan fingerprint density at radius 3 is 2.36 bits per heavy atom. The SMILES string of the molecule is CNC(C)C(C)c1ccc(F)cc1F. The Morgan fingerprint density at radius 1 is 1.21 bits per heavy atom. The molecule has 1 N–H and O–H groups in total. The minimum absolute atomic E-state index is 0.0283. The lowest BCUT2D eigenvalue weighted by Crippen LogP contribution is -2.27. The van der Waals surface area contributed by atoms with Gasteiger partial charge in [-0.1, -0.05) is 13.0 Å². The van der Waals surface area contributed by atoms with Crippen LogP contribution >= 0.6 is 0 Å². The molecule has 0 fully saturated rings. The van der Waals surface area contributed by atoms with Crippen molar-refractivity contribution in [3.05, 3.63) is 35.4 Å². The van der Waals surface area contributed by atoms with E-state index in [0.29, 0.717) is 5.56 Å². The normalized spacial score (nSPS) is 15.2. The van der Waals surface area contributed by atoms with E-state index in [9.17, 15) is 8.78 Å². The van der Waals surface area contributed by atoms with E-state index in [4.69, 9.17) is 0 Å². The molecular weight excluding hydrogens is 184 g/mol. The molecule has 0 aromatic heterocycles. The molecule has 1 nitrogen and oxygen atoms in total. The Labute approximate surface area is 83.1 Å². The third kappa shape index (κ3) is 2.29. The van der Waals surface area contributed by atoms with Gasteiger partial charge in [0.1, 0.15) is 11.6 Å². The Bertz CT molecular complexity index is 312. The summed E-state index contributed by atoms with van der Waals surface area (Å²) in [5.74, 6) is -0.976. The first-order valence-electron chi connectivity index (χ1n) is 4.68. The molecule has 14 heavy (non-hydrogen) atoms. The Hall–Kier alpha value is -0.960. The molecule has 0 spiro atoms. The van der Waals surface area contributed by atoms with Crippen LogP contribution in [0.4, 0.5) is 8.78 Å². The second kappa shape index (κ2) is 4.51. The van der Waals surface area contributed by atoms with Gasteiger partial charge >= 0.3 is 0 Å². The van der Waals surface area contributed by atoms with E-state index >= 15 is 0 Å². The second-order valence-electron chi connectivity index (χ2n) is 3.53. The zero-order chi connectivity index (χ0) is 10.7. The van der Waals surface area contributed by atoms with Crippen molar-refractivity contribution in [2.75, 3.05) is 7.05 Å². The van der Waals surface area contributed by atoms with E-state index < -0.39 is 11.6 Å². The summed E-state index contributed by atoms with van der Waals surface area (Å²) in [6.07, 6.45) is 0. The number of rotatable bonds is 3. The summed E-state index contributed by atoms with van der Waals surface area (Å²) in [7, 11) is 1.82. The minimum atomic E-state index is -0.532. The molecule has 0 aliphatic carbocycles. The van der Waals surface area contributed by atoms with Crippen LogP contribution in [0.25, 0.3) is 0 Å². The van der Waals surface area contributed by atoms with E-state index in [1.807, 2.05) is 20.9 Å². The van der Waals surface area contributed by atoms with Crippen LogP contribution in [0, 0.1) is 11.6 Å². The molecule has 0 heterocycles. The average Bonchev–Trinajstić information content (AvgIpc) is 2.15. The quantitative estimate of drug-likeness (QED) is 0.789. The lowest BCUT2D eigenvalue weighted by atomic mass is 9.94. The van der Waals surface area contributed by atoms with Crippen molar-refractivity contribution in [2.45, 2.75) is 25.8 Å². The fourth-order valence-electron chi connectivity index (χ4n) is 1.39. The van der Waals surface area contributed by atoms with Crippen LogP contribution < -0.4 is 5.32 Å². The highest BCUT2D eigenvalue weighted by atomic mass is 19.1. The molecule has 1 aromatic carbocycles. The van der Waals surface area contributed by atoms with Crippen LogP contribution in [0.1, 0.15) is 25.3 Å². The van der Waals surface area contributed by atoms with E-state index in [1.165, 1.54) is 12.1 Å². The molecule has 0 amide bonds. The number of hydrogen-bond acceptors (Lipinski definition) is 1. The smallest absolute Gasteiger partial charge is 0.129 e. The fourth-order valence-corrected chi connectivity index (χ4v) is 1.39. The van der Waals surface area contributed by atoms with Crippen molar-refractivity contribution < 1.29 is 8.78 Å². The van der Waals surface area contributed by atoms with Crippen molar-refractivity contribution >= 4 is 0 Å². The van der Waals surface area contributed by atoms with Gasteiger partial charge in [0.15, 0.2) is 0 Å². The van der Waals surface area contributed by atoms with Gasteiger partial charge in [-0.25, -0.2) is 8.78 Å². The molecule has 1 rings (SSSR count). The third-order valence-corrected chi connectivity index (χ3v) is 2.66. The summed E-state index contributed by atoms with van der Waals surface area (Å²) in [6, 6.07) is 3.88. The molecule has 1 aromatic rings. The van der Waals surface area contributed by atoms with Gasteiger partial charge in [-0.3, -0.25) is 0 Å². The van der Waals surface area contributed by atoms with Gasteiger partial charge in [-0.15, -0.1) is 0 Å². The Balaban J connectivity index is 2.95. The van der Waals surface area contributed by atoms with Crippen molar-refractivity contribution in [3.8, 4) is 0 Å². The van der Waals surface area contributed by atoms with Crippen LogP contribution in [0.15, 0.2) is 18.2 Å². The summed E-state index contributed by atoms with van der Waals surface area (Å²) in [4.78, 5) is 0. The first-order chi connectivity index (χ1) is 6.56. The van der Waals surface area contributed by atoms with Crippen LogP contribution in [0.5, 0.6) is 0 Å². The van der Waals surface area contributed by atoms with E-state index in [2.05, 4.69) is 5.32 Å². The first-order valence-corrected chi connectivity index (χ1v) is 4.68. The molecule has 0 aliphatic heterocycles. The number of hydrogen-bond donors (Lipinski definition) is 1. The van der Waals surface area contributed by atoms with Gasteiger partial charge in [-0.2, -0.15) is 0 Å². The van der Waals surface area contributed by atoms with Gasteiger partial charge in [0.05, 0.1) is 0 Å². The zero-order valence-electron chi connectivity index (χ0n) is 8.64. The molecule has 0 bridgehead atoms. The maximum Gasteiger partial charge on any atom is 0.129 e. The molecule has 0 aliphatic rings. The van der Waals surface area contributed by atoms with Gasteiger partial charge < -0.3 is 5.32 Å². The maximum absolute atomic E-state index is 13.3. The van der Waals surface area contributed by atoms with Gasteiger partial charge in [-0.05, 0) is 31.5 Å². The van der Waals surface area contributed by atoms with Crippen LogP contribution in [0.2, 0.25) is 0 Å². The second-order valence-corrected chi connectivity index (χ2v) is 3.53. The fraction of sp³-hybridized carbons (Fsp3) is 0.455. The van der Waals surface area contributed by atoms with Crippen LogP contribution in [-0.2, 0) is 0 Å². The minimum Gasteiger partial charge on any atom is -0.317 e. The number of likely N-dealkylation sites (N-methyl/N-ethyl adjacent to an activating group) is 1. The lowest BCUT2D eigenvalue weighted by Gasteiger charge is -2.20. The van der Waals surface area contributed by atoms with Crippen molar-refractivity contribution in [3.63, 3.8) is 0 Å². The highest BCUT2D eigenvalue weighted by Crippen LogP contribution is 2.22. The highest BCUT2D eigenvalue weighted by molar-refractivity contribution is 5.23. The summed E-state index contributed by atoms with van der Waals surface area (Å²) in [5.41, 5.74) is 0.549. The van der Waals surface area contributed by atoms with Gasteiger partial charge in [0.2, 0.25) is 0 Å². The molecule has 0 saturated carbocycles. The number of nitrogens with one attached hydrogen (secondary N) is 1. The lowest BCUT2D eigenvalue weighted by molar-refractivity contribution is 0.492. The Morgan fingerprint density at radius 2 is 1.86 bits per heavy atom. The molecule has 3 heteroatoms. The van der Waals surface area contributed by atoms with Crippen molar-refractivity contribution in [1.82, 2.24) is 5.32 Å². The van der Waals surface area contributed by atoms with Crippen molar-refractivity contribution in [2.24, 2.45) is 0 Å².